The summed E-state index contributed by atoms with van der Waals surface area (Å²) in [4.78, 5) is 36.4. The molecule has 0 radical (unpaired) electrons. The van der Waals surface area contributed by atoms with Gasteiger partial charge in [-0.3, -0.25) is 14.6 Å². The van der Waals surface area contributed by atoms with E-state index in [0.29, 0.717) is 37.2 Å². The second-order valence-electron chi connectivity index (χ2n) is 24.1. The number of ketones is 1. The van der Waals surface area contributed by atoms with Crippen molar-refractivity contribution in [2.75, 3.05) is 19.8 Å². The topological polar surface area (TPSA) is 245 Å². The molecule has 13 nitrogen and oxygen atoms in total. The minimum Gasteiger partial charge on any atom is -0.465 e. The molecule has 19 atom stereocenters. The van der Waals surface area contributed by atoms with Gasteiger partial charge in [-0.15, -0.1) is 5.92 Å². The number of allylic oxidation sites excluding steroid dienone is 3. The van der Waals surface area contributed by atoms with Gasteiger partial charge in [0.2, 0.25) is 0 Å². The molecule has 1 aromatic rings. The van der Waals surface area contributed by atoms with Gasteiger partial charge < -0.3 is 51.8 Å². The van der Waals surface area contributed by atoms with Crippen molar-refractivity contribution in [2.45, 2.75) is 172 Å². The van der Waals surface area contributed by atoms with Crippen LogP contribution < -0.4 is 11.5 Å². The summed E-state index contributed by atoms with van der Waals surface area (Å²) in [7, 11) is 0. The van der Waals surface area contributed by atoms with Crippen LogP contribution in [-0.4, -0.2) is 103 Å². The second-order valence-corrected chi connectivity index (χ2v) is 24.1. The molecule has 0 aromatic carbocycles. The Hall–Kier alpha value is -3.51. The Kier molecular flexibility index (Phi) is 14.0. The first-order chi connectivity index (χ1) is 32.9. The lowest BCUT2D eigenvalue weighted by molar-refractivity contribution is -0.200. The van der Waals surface area contributed by atoms with Gasteiger partial charge in [-0.1, -0.05) is 57.6 Å². The summed E-state index contributed by atoms with van der Waals surface area (Å²) in [5, 5.41) is 74.5. The van der Waals surface area contributed by atoms with Gasteiger partial charge in [-0.25, -0.2) is 0 Å². The Morgan fingerprint density at radius 2 is 1.77 bits per heavy atom. The van der Waals surface area contributed by atoms with Crippen LogP contribution in [0.25, 0.3) is 0 Å². The zero-order chi connectivity index (χ0) is 49.3. The summed E-state index contributed by atoms with van der Waals surface area (Å²) in [5.74, 6) is 4.87. The Labute approximate surface area is 409 Å². The summed E-state index contributed by atoms with van der Waals surface area (Å²) in [6, 6.07) is 1.94. The maximum atomic E-state index is 15.2. The number of H-pyrrole nitrogens is 1. The molecule has 5 fully saturated rings. The van der Waals surface area contributed by atoms with Crippen LogP contribution in [0.1, 0.15) is 148 Å². The Morgan fingerprint density at radius 3 is 2.49 bits per heavy atom. The van der Waals surface area contributed by atoms with Gasteiger partial charge in [-0.05, 0) is 161 Å². The van der Waals surface area contributed by atoms with E-state index in [1.807, 2.05) is 18.5 Å². The van der Waals surface area contributed by atoms with Crippen LogP contribution in [0.5, 0.6) is 0 Å². The number of carbonyl (C=O) groups excluding carboxylic acids is 2. The molecule has 8 aliphatic rings. The molecule has 0 bridgehead atoms. The van der Waals surface area contributed by atoms with E-state index in [4.69, 9.17) is 16.2 Å². The predicted molar refractivity (Wildman–Crippen MR) is 263 cm³/mol. The van der Waals surface area contributed by atoms with Crippen molar-refractivity contribution in [1.82, 2.24) is 4.98 Å². The number of ether oxygens (including phenoxy) is 1. The number of fused-ring (bicyclic) bond motifs is 10. The van der Waals surface area contributed by atoms with Crippen LogP contribution in [0.2, 0.25) is 0 Å². The number of nitrogens with zero attached hydrogens (tertiary/aromatic N) is 1. The van der Waals surface area contributed by atoms with E-state index in [9.17, 15) is 35.4 Å². The lowest BCUT2D eigenvalue weighted by Gasteiger charge is -2.65. The molecule has 1 aliphatic heterocycles. The zero-order valence-electron chi connectivity index (χ0n) is 41.6. The minimum absolute atomic E-state index is 0.0306. The summed E-state index contributed by atoms with van der Waals surface area (Å²) < 4.78 is 5.89. The minimum atomic E-state index is -1.81. The van der Waals surface area contributed by atoms with Gasteiger partial charge in [0.15, 0.2) is 11.7 Å². The molecule has 4 saturated carbocycles. The van der Waals surface area contributed by atoms with Gasteiger partial charge in [0.25, 0.3) is 0 Å². The van der Waals surface area contributed by atoms with Crippen molar-refractivity contribution < 1.29 is 45.0 Å². The van der Waals surface area contributed by atoms with E-state index in [-0.39, 0.29) is 117 Å². The lowest BCUT2D eigenvalue weighted by atomic mass is 9.39. The molecule has 7 aliphatic carbocycles. The smallest absolute Gasteiger partial charge is 0.313 e. The van der Waals surface area contributed by atoms with Gasteiger partial charge in [-0.2, -0.15) is 0 Å². The molecule has 13 heteroatoms. The fraction of sp³-hybridized carbons (Fsp3) is 0.768. The summed E-state index contributed by atoms with van der Waals surface area (Å²) in [6.07, 6.45) is 14.4. The van der Waals surface area contributed by atoms with Crippen LogP contribution in [0.15, 0.2) is 46.8 Å². The maximum absolute atomic E-state index is 15.2. The molecule has 9 rings (SSSR count). The highest BCUT2D eigenvalue weighted by Gasteiger charge is 2.74. The SMILES string of the molecule is CCCCCC12CC(O)C(O)CC1(C)C1CCC3(CCN=C(N)N)C4C(CC#CC(C5COC(=O)C5c5cc[nH]c5)CC5C6CC(C)CCC6=CCC5C(CO)CC(O)C4(C)O)CC3(O)C1=CC2=O. The lowest BCUT2D eigenvalue weighted by Crippen LogP contribution is -2.67. The van der Waals surface area contributed by atoms with Gasteiger partial charge in [0.1, 0.15) is 0 Å². The highest BCUT2D eigenvalue weighted by molar-refractivity contribution is 5.98. The number of aliphatic hydroxyl groups is 6. The normalized spacial score (nSPS) is 46.2. The number of guanidine groups is 1. The quantitative estimate of drug-likeness (QED) is 0.0338. The van der Waals surface area contributed by atoms with Crippen LogP contribution in [-0.2, 0) is 14.3 Å². The monoisotopic (exact) mass is 955 g/mol. The average molecular weight is 955 g/mol. The fourth-order valence-corrected chi connectivity index (χ4v) is 17.3. The number of aliphatic imine (C=N–C) groups is 1. The second kappa shape index (κ2) is 19.2. The Balaban J connectivity index is 1.19. The number of esters is 1. The molecule has 19 unspecified atom stereocenters. The van der Waals surface area contributed by atoms with Gasteiger partial charge >= 0.3 is 5.97 Å². The Morgan fingerprint density at radius 1 is 0.986 bits per heavy atom. The third kappa shape index (κ3) is 8.27. The average Bonchev–Trinajstić information content (AvgIpc) is 4.03. The van der Waals surface area contributed by atoms with E-state index in [2.05, 4.69) is 48.7 Å². The third-order valence-electron chi connectivity index (χ3n) is 20.7. The molecule has 0 spiro atoms. The molecule has 69 heavy (non-hydrogen) atoms. The first kappa shape index (κ1) is 50.4. The van der Waals surface area contributed by atoms with E-state index < -0.39 is 63.5 Å². The van der Waals surface area contributed by atoms with E-state index in [0.717, 1.165) is 50.5 Å². The number of hydrogen-bond donors (Lipinski definition) is 9. The number of rotatable bonds is 10. The summed E-state index contributed by atoms with van der Waals surface area (Å²) >= 11 is 0. The molecule has 11 N–H and O–H groups in total. The third-order valence-corrected chi connectivity index (χ3v) is 20.7. The number of nitrogens with one attached hydrogen (secondary N) is 1. The highest BCUT2D eigenvalue weighted by atomic mass is 16.5. The predicted octanol–water partition coefficient (Wildman–Crippen LogP) is 5.82. The fourth-order valence-electron chi connectivity index (χ4n) is 17.3. The standard InChI is InChI=1S/C56H82N4O9/c1-5-6-7-17-55-28-45(63)44(62)27-52(55,3)42-15-18-54(19-21-60-51(57)58)49-35(26-56(54,68)43(42)25-47(55)65)10-8-9-34(41-31-69-50(66)48(41)36-16-20-59-29-36)23-40-38(37(30-61)24-46(64)53(49,4)67)14-13-33-12-11-32(2)22-39(33)40/h13,16,20,25,29,32,34-35,37-42,44-46,48-49,59,61-64,67-68H,5-7,10-12,14-15,17-19,21-24,26-28,30-31H2,1-4H3,(H4,57,58,60). The van der Waals surface area contributed by atoms with Crippen molar-refractivity contribution in [3.05, 3.63) is 47.3 Å². The highest BCUT2D eigenvalue weighted by Crippen LogP contribution is 2.74. The number of aliphatic hydroxyl groups excluding tert-OH is 4. The van der Waals surface area contributed by atoms with Crippen molar-refractivity contribution >= 4 is 17.7 Å². The van der Waals surface area contributed by atoms with Crippen LogP contribution >= 0.6 is 0 Å². The molecule has 1 saturated heterocycles. The summed E-state index contributed by atoms with van der Waals surface area (Å²) in [5.41, 5.74) is 8.52. The molecule has 1 aromatic heterocycles. The van der Waals surface area contributed by atoms with Crippen LogP contribution in [0.3, 0.4) is 0 Å². The number of aromatic amines is 1. The number of aromatic nitrogens is 1. The van der Waals surface area contributed by atoms with Gasteiger partial charge in [0.05, 0.1) is 42.0 Å². The van der Waals surface area contributed by atoms with E-state index >= 15 is 4.79 Å². The van der Waals surface area contributed by atoms with E-state index in [1.165, 1.54) is 5.57 Å². The van der Waals surface area contributed by atoms with Crippen LogP contribution in [0, 0.1) is 87.3 Å². The van der Waals surface area contributed by atoms with Crippen molar-refractivity contribution in [1.29, 1.82) is 0 Å². The van der Waals surface area contributed by atoms with Crippen molar-refractivity contribution in [3.8, 4) is 11.8 Å². The van der Waals surface area contributed by atoms with Crippen molar-refractivity contribution in [3.63, 3.8) is 0 Å². The molecule has 0 amide bonds. The molecule has 380 valence electrons. The Bertz CT molecular complexity index is 2230. The number of cyclic esters (lactones) is 1. The number of carbonyl (C=O) groups is 2. The number of unbranched alkanes of at least 4 members (excludes halogenated alkanes) is 2. The van der Waals surface area contributed by atoms with E-state index in [1.54, 1.807) is 13.0 Å². The first-order valence-electron chi connectivity index (χ1n) is 26.7. The van der Waals surface area contributed by atoms with Crippen LogP contribution in [0.4, 0.5) is 0 Å². The molecular formula is C56H82N4O9. The largest absolute Gasteiger partial charge is 0.465 e. The molecular weight excluding hydrogens is 873 g/mol. The number of hydrogen-bond acceptors (Lipinski definition) is 10. The van der Waals surface area contributed by atoms with Gasteiger partial charge in [0, 0.05) is 60.5 Å². The first-order valence-corrected chi connectivity index (χ1v) is 26.7. The molecule has 2 heterocycles. The van der Waals surface area contributed by atoms with Crippen molar-refractivity contribution in [2.24, 2.45) is 91.9 Å². The number of nitrogens with two attached hydrogens (primary N) is 2. The maximum Gasteiger partial charge on any atom is 0.313 e. The zero-order valence-corrected chi connectivity index (χ0v) is 41.6. The summed E-state index contributed by atoms with van der Waals surface area (Å²) in [6.45, 7) is 8.41.